The van der Waals surface area contributed by atoms with E-state index in [1.54, 1.807) is 24.3 Å². The zero-order valence-electron chi connectivity index (χ0n) is 8.16. The Morgan fingerprint density at radius 1 is 1.23 bits per heavy atom. The van der Waals surface area contributed by atoms with E-state index < -0.39 is 5.97 Å². The third-order valence-electron chi connectivity index (χ3n) is 1.30. The molecule has 0 heterocycles. The van der Waals surface area contributed by atoms with Crippen molar-refractivity contribution in [3.05, 3.63) is 35.4 Å². The number of carbonyl (C=O) groups is 1. The van der Waals surface area contributed by atoms with Crippen LogP contribution in [0.3, 0.4) is 0 Å². The van der Waals surface area contributed by atoms with E-state index in [4.69, 9.17) is 5.11 Å². The Balaban J connectivity index is 0.000000424. The van der Waals surface area contributed by atoms with Crippen molar-refractivity contribution < 1.29 is 9.90 Å². The number of aryl methyl sites for hydroxylation is 1. The van der Waals surface area contributed by atoms with Crippen LogP contribution in [0, 0.1) is 6.92 Å². The van der Waals surface area contributed by atoms with E-state index in [-0.39, 0.29) is 21.1 Å². The summed E-state index contributed by atoms with van der Waals surface area (Å²) in [6.45, 7) is 1.92. The van der Waals surface area contributed by atoms with Gasteiger partial charge in [0.15, 0.2) is 0 Å². The third kappa shape index (κ3) is 5.69. The zero-order chi connectivity index (χ0) is 10.3. The van der Waals surface area contributed by atoms with Gasteiger partial charge in [-0.1, -0.05) is 17.7 Å². The van der Waals surface area contributed by atoms with Crippen molar-refractivity contribution >= 4 is 27.1 Å². The molecule has 0 saturated carbocycles. The van der Waals surface area contributed by atoms with Gasteiger partial charge in [-0.15, -0.1) is 0 Å². The van der Waals surface area contributed by atoms with Crippen LogP contribution in [0.2, 0.25) is 9.88 Å². The molecular weight excluding hydrogens is 271 g/mol. The number of rotatable bonds is 1. The molecule has 0 amide bonds. The van der Waals surface area contributed by atoms with Gasteiger partial charge in [0.05, 0.1) is 5.56 Å². The summed E-state index contributed by atoms with van der Waals surface area (Å²) in [6.07, 6.45) is 0. The SMILES string of the molecule is Cc1ccc(C(=O)O)cc1.[CH3][Sn][CH3]. The van der Waals surface area contributed by atoms with Crippen molar-refractivity contribution in [2.24, 2.45) is 0 Å². The van der Waals surface area contributed by atoms with Crippen molar-refractivity contribution in [3.63, 3.8) is 0 Å². The second-order valence-corrected chi connectivity index (χ2v) is 5.53. The summed E-state index contributed by atoms with van der Waals surface area (Å²) < 4.78 is 0. The summed E-state index contributed by atoms with van der Waals surface area (Å²) in [4.78, 5) is 14.9. The fourth-order valence-electron chi connectivity index (χ4n) is 0.696. The van der Waals surface area contributed by atoms with Crippen LogP contribution < -0.4 is 0 Å². The molecule has 0 aliphatic rings. The summed E-state index contributed by atoms with van der Waals surface area (Å²) in [5.74, 6) is -0.875. The molecule has 0 aliphatic heterocycles. The number of aromatic carboxylic acids is 1. The summed E-state index contributed by atoms with van der Waals surface area (Å²) in [5.41, 5.74) is 1.41. The predicted octanol–water partition coefficient (Wildman–Crippen LogP) is 2.48. The fraction of sp³-hybridized carbons (Fsp3) is 0.300. The molecule has 0 aromatic heterocycles. The summed E-state index contributed by atoms with van der Waals surface area (Å²) in [6, 6.07) is 6.75. The van der Waals surface area contributed by atoms with E-state index in [1.807, 2.05) is 6.92 Å². The molecule has 1 rings (SSSR count). The number of carboxylic acid groups (broad SMARTS) is 1. The van der Waals surface area contributed by atoms with Gasteiger partial charge >= 0.3 is 37.0 Å². The molecule has 0 spiro atoms. The van der Waals surface area contributed by atoms with Crippen LogP contribution in [-0.4, -0.2) is 32.2 Å². The molecule has 2 nitrogen and oxygen atoms in total. The van der Waals surface area contributed by atoms with Crippen molar-refractivity contribution in [2.75, 3.05) is 0 Å². The van der Waals surface area contributed by atoms with Gasteiger partial charge in [-0.2, -0.15) is 0 Å². The van der Waals surface area contributed by atoms with Crippen molar-refractivity contribution in [2.45, 2.75) is 16.8 Å². The van der Waals surface area contributed by atoms with Crippen molar-refractivity contribution in [1.29, 1.82) is 0 Å². The molecule has 1 aromatic carbocycles. The van der Waals surface area contributed by atoms with Crippen LogP contribution in [0.4, 0.5) is 0 Å². The second kappa shape index (κ2) is 6.95. The Bertz CT molecular complexity index is 254. The fourth-order valence-corrected chi connectivity index (χ4v) is 0.696. The molecule has 1 aromatic rings. The van der Waals surface area contributed by atoms with Gasteiger partial charge in [0.2, 0.25) is 0 Å². The van der Waals surface area contributed by atoms with Crippen LogP contribution in [0.25, 0.3) is 0 Å². The van der Waals surface area contributed by atoms with Gasteiger partial charge in [0, 0.05) is 0 Å². The molecular formula is C10H14O2Sn. The molecule has 2 radical (unpaired) electrons. The average molecular weight is 285 g/mol. The molecule has 0 bridgehead atoms. The zero-order valence-corrected chi connectivity index (χ0v) is 11.0. The maximum absolute atomic E-state index is 10.3. The molecule has 0 aliphatic carbocycles. The first-order valence-electron chi connectivity index (χ1n) is 4.00. The second-order valence-electron chi connectivity index (χ2n) is 2.67. The van der Waals surface area contributed by atoms with Crippen LogP contribution in [-0.2, 0) is 0 Å². The summed E-state index contributed by atoms with van der Waals surface area (Å²) >= 11 is 0.230. The van der Waals surface area contributed by atoms with E-state index in [2.05, 4.69) is 9.88 Å². The first-order valence-corrected chi connectivity index (χ1v) is 9.71. The quantitative estimate of drug-likeness (QED) is 0.805. The molecule has 0 saturated heterocycles. The Kier molecular flexibility index (Phi) is 6.67. The van der Waals surface area contributed by atoms with Crippen LogP contribution in [0.5, 0.6) is 0 Å². The maximum atomic E-state index is 10.3. The van der Waals surface area contributed by atoms with Gasteiger partial charge in [0.25, 0.3) is 0 Å². The van der Waals surface area contributed by atoms with E-state index in [0.717, 1.165) is 5.56 Å². The average Bonchev–Trinajstić information content (AvgIpc) is 2.06. The van der Waals surface area contributed by atoms with E-state index in [0.29, 0.717) is 5.56 Å². The Hall–Kier alpha value is -0.511. The van der Waals surface area contributed by atoms with Gasteiger partial charge < -0.3 is 5.11 Å². The number of carboxylic acids is 1. The molecule has 70 valence electrons. The standard InChI is InChI=1S/C8H8O2.2CH3.Sn/c1-6-2-4-7(5-3-6)8(9)10;;;/h2-5H,1H3,(H,9,10);2*1H3;. The third-order valence-corrected chi connectivity index (χ3v) is 1.30. The minimum atomic E-state index is -0.875. The van der Waals surface area contributed by atoms with E-state index >= 15 is 0 Å². The van der Waals surface area contributed by atoms with Crippen molar-refractivity contribution in [1.82, 2.24) is 0 Å². The number of hydrogen-bond donors (Lipinski definition) is 1. The first-order chi connectivity index (χ1) is 6.11. The summed E-state index contributed by atoms with van der Waals surface area (Å²) in [5, 5.41) is 8.48. The monoisotopic (exact) mass is 286 g/mol. The van der Waals surface area contributed by atoms with E-state index in [9.17, 15) is 4.79 Å². The topological polar surface area (TPSA) is 37.3 Å². The summed E-state index contributed by atoms with van der Waals surface area (Å²) in [7, 11) is 0. The Labute approximate surface area is 89.2 Å². The van der Waals surface area contributed by atoms with Gasteiger partial charge in [-0.3, -0.25) is 0 Å². The van der Waals surface area contributed by atoms with Crippen LogP contribution >= 0.6 is 0 Å². The number of benzene rings is 1. The van der Waals surface area contributed by atoms with Crippen LogP contribution in [0.1, 0.15) is 15.9 Å². The normalized spacial score (nSPS) is 8.54. The van der Waals surface area contributed by atoms with E-state index in [1.165, 1.54) is 0 Å². The molecule has 13 heavy (non-hydrogen) atoms. The Morgan fingerprint density at radius 2 is 1.62 bits per heavy atom. The minimum absolute atomic E-state index is 0.230. The van der Waals surface area contributed by atoms with Gasteiger partial charge in [-0.05, 0) is 19.1 Å². The molecule has 1 N–H and O–H groups in total. The number of hydrogen-bond acceptors (Lipinski definition) is 1. The molecule has 0 fully saturated rings. The first kappa shape index (κ1) is 12.5. The predicted molar refractivity (Wildman–Crippen MR) is 55.6 cm³/mol. The van der Waals surface area contributed by atoms with Gasteiger partial charge in [0.1, 0.15) is 0 Å². The molecule has 3 heteroatoms. The van der Waals surface area contributed by atoms with Gasteiger partial charge in [-0.25, -0.2) is 4.79 Å². The molecule has 0 unspecified atom stereocenters. The van der Waals surface area contributed by atoms with Crippen LogP contribution in [0.15, 0.2) is 24.3 Å². The van der Waals surface area contributed by atoms with Crippen molar-refractivity contribution in [3.8, 4) is 0 Å². The Morgan fingerprint density at radius 3 is 1.92 bits per heavy atom. The molecule has 0 atom stereocenters.